The summed E-state index contributed by atoms with van der Waals surface area (Å²) in [5, 5.41) is 9.78. The van der Waals surface area contributed by atoms with E-state index in [2.05, 4.69) is 15.9 Å². The number of benzene rings is 1. The Morgan fingerprint density at radius 2 is 1.75 bits per heavy atom. The molecule has 0 bridgehead atoms. The average Bonchev–Trinajstić information content (AvgIpc) is 2.36. The fourth-order valence-electron chi connectivity index (χ4n) is 1.87. The molecule has 0 fully saturated rings. The predicted octanol–water partition coefficient (Wildman–Crippen LogP) is 2.31. The molecule has 0 saturated carbocycles. The quantitative estimate of drug-likeness (QED) is 0.889. The molecule has 0 atom stereocenters. The van der Waals surface area contributed by atoms with E-state index < -0.39 is 5.60 Å². The normalized spacial score (nSPS) is 11.2. The Labute approximate surface area is 127 Å². The van der Waals surface area contributed by atoms with E-state index in [4.69, 9.17) is 9.47 Å². The van der Waals surface area contributed by atoms with Gasteiger partial charge in [0.25, 0.3) is 5.91 Å². The van der Waals surface area contributed by atoms with E-state index >= 15 is 0 Å². The Morgan fingerprint density at radius 1 is 1.30 bits per heavy atom. The van der Waals surface area contributed by atoms with Gasteiger partial charge < -0.3 is 19.5 Å². The highest BCUT2D eigenvalue weighted by atomic mass is 79.9. The summed E-state index contributed by atoms with van der Waals surface area (Å²) in [7, 11) is 4.68. The fourth-order valence-corrected chi connectivity index (χ4v) is 2.42. The number of nitrogens with zero attached hydrogens (tertiary/aromatic N) is 1. The van der Waals surface area contributed by atoms with Gasteiger partial charge in [-0.1, -0.05) is 0 Å². The lowest BCUT2D eigenvalue weighted by Gasteiger charge is -2.26. The van der Waals surface area contributed by atoms with E-state index in [1.54, 1.807) is 33.0 Å². The van der Waals surface area contributed by atoms with Crippen molar-refractivity contribution in [2.45, 2.75) is 19.4 Å². The van der Waals surface area contributed by atoms with E-state index in [0.29, 0.717) is 21.5 Å². The number of carbonyl (C=O) groups excluding carboxylic acids is 1. The molecular weight excluding hydrogens is 326 g/mol. The molecule has 6 heteroatoms. The van der Waals surface area contributed by atoms with Crippen molar-refractivity contribution in [2.75, 3.05) is 27.8 Å². The molecular formula is C14H20BrNO4. The van der Waals surface area contributed by atoms with Crippen LogP contribution in [0, 0.1) is 0 Å². The maximum Gasteiger partial charge on any atom is 0.253 e. The number of halogens is 1. The molecule has 20 heavy (non-hydrogen) atoms. The van der Waals surface area contributed by atoms with Crippen molar-refractivity contribution in [3.63, 3.8) is 0 Å². The molecule has 0 spiro atoms. The second kappa shape index (κ2) is 6.45. The molecule has 1 rings (SSSR count). The summed E-state index contributed by atoms with van der Waals surface area (Å²) < 4.78 is 11.1. The SMILES string of the molecule is COc1cc(C(=O)N(C)CC(C)(C)O)cc(OC)c1Br. The van der Waals surface area contributed by atoms with Gasteiger partial charge in [-0.15, -0.1) is 0 Å². The minimum atomic E-state index is -0.950. The zero-order valence-corrected chi connectivity index (χ0v) is 13.9. The van der Waals surface area contributed by atoms with Crippen molar-refractivity contribution in [1.82, 2.24) is 4.90 Å². The van der Waals surface area contributed by atoms with E-state index in [9.17, 15) is 9.90 Å². The fraction of sp³-hybridized carbons (Fsp3) is 0.500. The minimum Gasteiger partial charge on any atom is -0.495 e. The lowest BCUT2D eigenvalue weighted by Crippen LogP contribution is -2.39. The number of aliphatic hydroxyl groups is 1. The molecule has 5 nitrogen and oxygen atoms in total. The number of likely N-dealkylation sites (N-methyl/N-ethyl adjacent to an activating group) is 1. The summed E-state index contributed by atoms with van der Waals surface area (Å²) in [5.74, 6) is 0.824. The van der Waals surface area contributed by atoms with Crippen molar-refractivity contribution in [3.8, 4) is 11.5 Å². The van der Waals surface area contributed by atoms with E-state index in [0.717, 1.165) is 0 Å². The molecule has 1 aromatic rings. The Balaban J connectivity index is 3.10. The Morgan fingerprint density at radius 3 is 2.10 bits per heavy atom. The molecule has 0 unspecified atom stereocenters. The molecule has 1 amide bonds. The maximum absolute atomic E-state index is 12.4. The molecule has 112 valence electrons. The minimum absolute atomic E-state index is 0.212. The summed E-state index contributed by atoms with van der Waals surface area (Å²) in [6.45, 7) is 3.53. The van der Waals surface area contributed by atoms with Crippen LogP contribution >= 0.6 is 15.9 Å². The molecule has 1 aromatic carbocycles. The number of methoxy groups -OCH3 is 2. The number of carbonyl (C=O) groups is 1. The molecule has 0 saturated heterocycles. The zero-order chi connectivity index (χ0) is 15.5. The lowest BCUT2D eigenvalue weighted by molar-refractivity contribution is 0.0367. The van der Waals surface area contributed by atoms with E-state index in [-0.39, 0.29) is 12.5 Å². The number of amides is 1. The van der Waals surface area contributed by atoms with Crippen LogP contribution in [0.4, 0.5) is 0 Å². The Bertz CT molecular complexity index is 471. The second-order valence-corrected chi connectivity index (χ2v) is 5.96. The summed E-state index contributed by atoms with van der Waals surface area (Å²) >= 11 is 3.36. The van der Waals surface area contributed by atoms with Crippen molar-refractivity contribution in [3.05, 3.63) is 22.2 Å². The topological polar surface area (TPSA) is 59.0 Å². The number of hydrogen-bond donors (Lipinski definition) is 1. The van der Waals surface area contributed by atoms with Crippen LogP contribution in [0.1, 0.15) is 24.2 Å². The van der Waals surface area contributed by atoms with E-state index in [1.807, 2.05) is 0 Å². The summed E-state index contributed by atoms with van der Waals surface area (Å²) in [6, 6.07) is 3.27. The molecule has 0 aliphatic carbocycles. The molecule has 0 aromatic heterocycles. The van der Waals surface area contributed by atoms with Crippen LogP contribution < -0.4 is 9.47 Å². The summed E-state index contributed by atoms with van der Waals surface area (Å²) in [4.78, 5) is 13.8. The van der Waals surface area contributed by atoms with Crippen LogP contribution in [0.2, 0.25) is 0 Å². The lowest BCUT2D eigenvalue weighted by atomic mass is 10.1. The van der Waals surface area contributed by atoms with Crippen molar-refractivity contribution >= 4 is 21.8 Å². The predicted molar refractivity (Wildman–Crippen MR) is 80.5 cm³/mol. The van der Waals surface area contributed by atoms with Crippen molar-refractivity contribution < 1.29 is 19.4 Å². The smallest absolute Gasteiger partial charge is 0.253 e. The maximum atomic E-state index is 12.4. The van der Waals surface area contributed by atoms with Crippen LogP contribution in [-0.2, 0) is 0 Å². The standard InChI is InChI=1S/C14H20BrNO4/c1-14(2,18)8-16(3)13(17)9-6-10(19-4)12(15)11(7-9)20-5/h6-7,18H,8H2,1-5H3. The summed E-state index contributed by atoms with van der Waals surface area (Å²) in [6.07, 6.45) is 0. The first-order valence-corrected chi connectivity index (χ1v) is 6.88. The molecule has 0 heterocycles. The molecule has 0 aliphatic heterocycles. The highest BCUT2D eigenvalue weighted by Gasteiger charge is 2.22. The van der Waals surface area contributed by atoms with Crippen molar-refractivity contribution in [2.24, 2.45) is 0 Å². The number of ether oxygens (including phenoxy) is 2. The van der Waals surface area contributed by atoms with Crippen LogP contribution in [0.5, 0.6) is 11.5 Å². The Kier molecular flexibility index (Phi) is 5.42. The average molecular weight is 346 g/mol. The van der Waals surface area contributed by atoms with Crippen LogP contribution in [0.25, 0.3) is 0 Å². The highest BCUT2D eigenvalue weighted by Crippen LogP contribution is 2.35. The van der Waals surface area contributed by atoms with Crippen molar-refractivity contribution in [1.29, 1.82) is 0 Å². The van der Waals surface area contributed by atoms with Gasteiger partial charge in [-0.25, -0.2) is 0 Å². The third-order valence-electron chi connectivity index (χ3n) is 2.66. The molecule has 0 aliphatic rings. The van der Waals surface area contributed by atoms with Gasteiger partial charge in [0.05, 0.1) is 19.8 Å². The monoisotopic (exact) mass is 345 g/mol. The first kappa shape index (κ1) is 16.8. The van der Waals surface area contributed by atoms with Gasteiger partial charge in [-0.3, -0.25) is 4.79 Å². The van der Waals surface area contributed by atoms with E-state index in [1.165, 1.54) is 19.1 Å². The van der Waals surface area contributed by atoms with Gasteiger partial charge in [0.2, 0.25) is 0 Å². The molecule has 0 radical (unpaired) electrons. The second-order valence-electron chi connectivity index (χ2n) is 5.17. The molecule has 1 N–H and O–H groups in total. The first-order valence-electron chi connectivity index (χ1n) is 6.09. The van der Waals surface area contributed by atoms with Gasteiger partial charge in [0, 0.05) is 19.2 Å². The van der Waals surface area contributed by atoms with Crippen LogP contribution in [0.15, 0.2) is 16.6 Å². The first-order chi connectivity index (χ1) is 9.19. The number of hydrogen-bond acceptors (Lipinski definition) is 4. The van der Waals surface area contributed by atoms with Gasteiger partial charge >= 0.3 is 0 Å². The number of rotatable bonds is 5. The third-order valence-corrected chi connectivity index (χ3v) is 3.45. The van der Waals surface area contributed by atoms with Gasteiger partial charge in [0.1, 0.15) is 16.0 Å². The largest absolute Gasteiger partial charge is 0.495 e. The van der Waals surface area contributed by atoms with Gasteiger partial charge in [-0.05, 0) is 41.9 Å². The van der Waals surface area contributed by atoms with Gasteiger partial charge in [0.15, 0.2) is 0 Å². The van der Waals surface area contributed by atoms with Crippen LogP contribution in [-0.4, -0.2) is 49.3 Å². The third kappa shape index (κ3) is 4.11. The Hall–Kier alpha value is -1.27. The summed E-state index contributed by atoms with van der Waals surface area (Å²) in [5.41, 5.74) is -0.512. The van der Waals surface area contributed by atoms with Gasteiger partial charge in [-0.2, -0.15) is 0 Å². The zero-order valence-electron chi connectivity index (χ0n) is 12.4. The highest BCUT2D eigenvalue weighted by molar-refractivity contribution is 9.10. The van der Waals surface area contributed by atoms with Crippen LogP contribution in [0.3, 0.4) is 0 Å².